The van der Waals surface area contributed by atoms with Gasteiger partial charge in [-0.1, -0.05) is 48.5 Å². The van der Waals surface area contributed by atoms with E-state index in [-0.39, 0.29) is 5.91 Å². The molecule has 0 spiro atoms. The van der Waals surface area contributed by atoms with Crippen molar-refractivity contribution in [3.05, 3.63) is 65.2 Å². The van der Waals surface area contributed by atoms with E-state index in [1.54, 1.807) is 0 Å². The van der Waals surface area contributed by atoms with Gasteiger partial charge in [0.25, 0.3) is 0 Å². The molecule has 0 atom stereocenters. The van der Waals surface area contributed by atoms with Crippen molar-refractivity contribution >= 4 is 19.4 Å². The van der Waals surface area contributed by atoms with Crippen LogP contribution in [0.15, 0.2) is 48.5 Å². The molecule has 3 N–H and O–H groups in total. The minimum Gasteiger partial charge on any atom is -0.428 e. The summed E-state index contributed by atoms with van der Waals surface area (Å²) in [7, 11) is -2.34. The summed E-state index contributed by atoms with van der Waals surface area (Å²) < 4.78 is 0. The van der Waals surface area contributed by atoms with E-state index < -0.39 is 8.32 Å². The van der Waals surface area contributed by atoms with Gasteiger partial charge in [-0.05, 0) is 53.7 Å². The van der Waals surface area contributed by atoms with Gasteiger partial charge in [-0.2, -0.15) is 0 Å². The maximum absolute atomic E-state index is 12.7. The number of benzene rings is 2. The summed E-state index contributed by atoms with van der Waals surface area (Å²) in [4.78, 5) is 25.0. The fraction of sp³-hybridized carbons (Fsp3) is 0.409. The van der Waals surface area contributed by atoms with Crippen LogP contribution in [0, 0.1) is 0 Å². The van der Waals surface area contributed by atoms with Crippen LogP contribution in [-0.4, -0.2) is 37.0 Å². The number of hydrogen-bond donors (Lipinski definition) is 2. The van der Waals surface area contributed by atoms with Gasteiger partial charge >= 0.3 is 0 Å². The number of likely N-dealkylation sites (tertiary alicyclic amines) is 1. The first-order valence-electron chi connectivity index (χ1n) is 9.75. The molecule has 0 bridgehead atoms. The standard InChI is InChI=1S/C22H30N2O2Si/c1-27(2,26)21-8-4-5-17(14-21)15-22(25)24-11-9-19(10-12-24)20-7-3-6-18(13-20)16-23/h3-8,13-14,19,26H,9-12,15-16,23H2,1-2H3. The summed E-state index contributed by atoms with van der Waals surface area (Å²) in [6.07, 6.45) is 2.40. The minimum absolute atomic E-state index is 0.179. The van der Waals surface area contributed by atoms with E-state index in [0.29, 0.717) is 18.9 Å². The average Bonchev–Trinajstić information content (AvgIpc) is 2.67. The zero-order valence-corrected chi connectivity index (χ0v) is 17.3. The first kappa shape index (κ1) is 19.8. The summed E-state index contributed by atoms with van der Waals surface area (Å²) >= 11 is 0. The smallest absolute Gasteiger partial charge is 0.226 e. The quantitative estimate of drug-likeness (QED) is 0.781. The summed E-state index contributed by atoms with van der Waals surface area (Å²) in [6.45, 7) is 5.97. The third-order valence-electron chi connectivity index (χ3n) is 5.49. The molecule has 0 aromatic heterocycles. The number of amides is 1. The molecule has 2 aromatic carbocycles. The lowest BCUT2D eigenvalue weighted by Gasteiger charge is -2.32. The first-order chi connectivity index (χ1) is 12.9. The van der Waals surface area contributed by atoms with Crippen LogP contribution in [0.25, 0.3) is 0 Å². The van der Waals surface area contributed by atoms with Crippen molar-refractivity contribution in [3.8, 4) is 0 Å². The lowest BCUT2D eigenvalue weighted by molar-refractivity contribution is -0.131. The van der Waals surface area contributed by atoms with Gasteiger partial charge < -0.3 is 15.4 Å². The second-order valence-electron chi connectivity index (χ2n) is 8.04. The summed E-state index contributed by atoms with van der Waals surface area (Å²) in [5.74, 6) is 0.684. The van der Waals surface area contributed by atoms with Gasteiger partial charge in [0.05, 0.1) is 6.42 Å². The molecule has 1 heterocycles. The highest BCUT2D eigenvalue weighted by Crippen LogP contribution is 2.28. The maximum Gasteiger partial charge on any atom is 0.226 e. The molecule has 144 valence electrons. The number of carbonyl (C=O) groups excluding carboxylic acids is 1. The van der Waals surface area contributed by atoms with E-state index in [2.05, 4.69) is 24.3 Å². The van der Waals surface area contributed by atoms with E-state index in [0.717, 1.165) is 36.7 Å². The van der Waals surface area contributed by atoms with Gasteiger partial charge in [0.1, 0.15) is 0 Å². The van der Waals surface area contributed by atoms with Gasteiger partial charge in [0.15, 0.2) is 0 Å². The molecular weight excluding hydrogens is 352 g/mol. The lowest BCUT2D eigenvalue weighted by Crippen LogP contribution is -2.42. The Morgan fingerprint density at radius 3 is 2.44 bits per heavy atom. The highest BCUT2D eigenvalue weighted by molar-refractivity contribution is 6.83. The number of nitrogens with two attached hydrogens (primary N) is 1. The van der Waals surface area contributed by atoms with Gasteiger partial charge in [0.2, 0.25) is 14.2 Å². The van der Waals surface area contributed by atoms with Crippen LogP contribution in [0.1, 0.15) is 35.4 Å². The van der Waals surface area contributed by atoms with E-state index >= 15 is 0 Å². The molecule has 0 unspecified atom stereocenters. The highest BCUT2D eigenvalue weighted by Gasteiger charge is 2.25. The largest absolute Gasteiger partial charge is 0.428 e. The molecule has 2 aromatic rings. The summed E-state index contributed by atoms with van der Waals surface area (Å²) in [5, 5.41) is 0.978. The van der Waals surface area contributed by atoms with E-state index in [4.69, 9.17) is 5.73 Å². The molecule has 1 amide bonds. The fourth-order valence-electron chi connectivity index (χ4n) is 3.78. The SMILES string of the molecule is C[Si](C)(O)c1cccc(CC(=O)N2CCC(c3cccc(CN)c3)CC2)c1. The van der Waals surface area contributed by atoms with Gasteiger partial charge in [0, 0.05) is 19.6 Å². The summed E-state index contributed by atoms with van der Waals surface area (Å²) in [5.41, 5.74) is 9.25. The molecule has 5 heteroatoms. The van der Waals surface area contributed by atoms with E-state index in [9.17, 15) is 9.59 Å². The third-order valence-corrected chi connectivity index (χ3v) is 7.22. The fourth-order valence-corrected chi connectivity index (χ4v) is 4.83. The zero-order chi connectivity index (χ0) is 19.4. The monoisotopic (exact) mass is 382 g/mol. The van der Waals surface area contributed by atoms with Crippen LogP contribution in [0.4, 0.5) is 0 Å². The van der Waals surface area contributed by atoms with E-state index in [1.165, 1.54) is 11.1 Å². The van der Waals surface area contributed by atoms with Gasteiger partial charge in [-0.3, -0.25) is 4.79 Å². The molecule has 1 saturated heterocycles. The average molecular weight is 383 g/mol. The number of rotatable bonds is 5. The second-order valence-corrected chi connectivity index (χ2v) is 11.7. The van der Waals surface area contributed by atoms with Crippen molar-refractivity contribution in [2.75, 3.05) is 13.1 Å². The maximum atomic E-state index is 12.7. The van der Waals surface area contributed by atoms with Crippen LogP contribution >= 0.6 is 0 Å². The van der Waals surface area contributed by atoms with Crippen molar-refractivity contribution in [2.24, 2.45) is 5.73 Å². The molecule has 27 heavy (non-hydrogen) atoms. The molecule has 4 nitrogen and oxygen atoms in total. The van der Waals surface area contributed by atoms with Crippen LogP contribution < -0.4 is 10.9 Å². The molecule has 0 saturated carbocycles. The number of carbonyl (C=O) groups is 1. The number of hydrogen-bond acceptors (Lipinski definition) is 3. The molecule has 3 rings (SSSR count). The van der Waals surface area contributed by atoms with Crippen LogP contribution in [0.3, 0.4) is 0 Å². The number of piperidine rings is 1. The Bertz CT molecular complexity index is 793. The van der Waals surface area contributed by atoms with Crippen molar-refractivity contribution < 1.29 is 9.59 Å². The predicted molar refractivity (Wildman–Crippen MR) is 112 cm³/mol. The Kier molecular flexibility index (Phi) is 6.14. The Morgan fingerprint density at radius 1 is 1.11 bits per heavy atom. The van der Waals surface area contributed by atoms with Crippen LogP contribution in [0.5, 0.6) is 0 Å². The molecule has 0 radical (unpaired) electrons. The Labute approximate surface area is 163 Å². The molecule has 1 aliphatic rings. The predicted octanol–water partition coefficient (Wildman–Crippen LogP) is 2.50. The Hall–Kier alpha value is -1.95. The number of nitrogens with zero attached hydrogens (tertiary/aromatic N) is 1. The topological polar surface area (TPSA) is 66.6 Å². The Balaban J connectivity index is 1.59. The normalized spacial score (nSPS) is 15.8. The van der Waals surface area contributed by atoms with Gasteiger partial charge in [-0.25, -0.2) is 0 Å². The Morgan fingerprint density at radius 2 is 1.78 bits per heavy atom. The van der Waals surface area contributed by atoms with Crippen molar-refractivity contribution in [1.82, 2.24) is 4.90 Å². The summed E-state index contributed by atoms with van der Waals surface area (Å²) in [6, 6.07) is 16.4. The lowest BCUT2D eigenvalue weighted by atomic mass is 9.88. The van der Waals surface area contributed by atoms with Crippen molar-refractivity contribution in [2.45, 2.75) is 44.8 Å². The van der Waals surface area contributed by atoms with Crippen LogP contribution in [-0.2, 0) is 17.8 Å². The molecule has 1 fully saturated rings. The van der Waals surface area contributed by atoms with Crippen molar-refractivity contribution in [3.63, 3.8) is 0 Å². The van der Waals surface area contributed by atoms with Crippen molar-refractivity contribution in [1.29, 1.82) is 0 Å². The third kappa shape index (κ3) is 5.06. The second kappa shape index (κ2) is 8.38. The van der Waals surface area contributed by atoms with Crippen LogP contribution in [0.2, 0.25) is 13.1 Å². The highest BCUT2D eigenvalue weighted by atomic mass is 28.4. The van der Waals surface area contributed by atoms with Gasteiger partial charge in [-0.15, -0.1) is 0 Å². The minimum atomic E-state index is -2.34. The molecular formula is C22H30N2O2Si. The molecule has 0 aliphatic carbocycles. The zero-order valence-electron chi connectivity index (χ0n) is 16.3. The first-order valence-corrected chi connectivity index (χ1v) is 12.7. The molecule has 1 aliphatic heterocycles. The van der Waals surface area contributed by atoms with E-state index in [1.807, 2.05) is 42.3 Å².